The van der Waals surface area contributed by atoms with Crippen molar-refractivity contribution in [3.8, 4) is 22.3 Å². The van der Waals surface area contributed by atoms with Crippen LogP contribution >= 0.6 is 0 Å². The second-order valence-corrected chi connectivity index (χ2v) is 11.6. The molecule has 1 heterocycles. The van der Waals surface area contributed by atoms with Gasteiger partial charge in [-0.2, -0.15) is 4.98 Å². The van der Waals surface area contributed by atoms with Crippen molar-refractivity contribution in [2.45, 2.75) is 0 Å². The fourth-order valence-electron chi connectivity index (χ4n) is 6.71. The Hall–Kier alpha value is -6.19. The van der Waals surface area contributed by atoms with E-state index in [0.29, 0.717) is 6.01 Å². The van der Waals surface area contributed by atoms with Gasteiger partial charge in [-0.1, -0.05) is 140 Å². The minimum Gasteiger partial charge on any atom is -0.422 e. The number of para-hydroxylation sites is 1. The van der Waals surface area contributed by atoms with Crippen molar-refractivity contribution >= 4 is 60.8 Å². The smallest absolute Gasteiger partial charge is 0.307 e. The number of benzene rings is 8. The van der Waals surface area contributed by atoms with Gasteiger partial charge in [0.25, 0.3) is 0 Å². The second-order valence-electron chi connectivity index (χ2n) is 11.6. The number of anilines is 3. The second kappa shape index (κ2) is 10.8. The molecule has 0 saturated heterocycles. The molecule has 0 radical (unpaired) electrons. The highest BCUT2D eigenvalue weighted by Crippen LogP contribution is 2.43. The number of hydrogen-bond donors (Lipinski definition) is 0. The quantitative estimate of drug-likeness (QED) is 0.187. The van der Waals surface area contributed by atoms with Crippen LogP contribution in [0, 0.1) is 0 Å². The van der Waals surface area contributed by atoms with Gasteiger partial charge in [0.2, 0.25) is 0 Å². The maximum Gasteiger partial charge on any atom is 0.307 e. The largest absolute Gasteiger partial charge is 0.422 e. The Morgan fingerprint density at radius 1 is 0.435 bits per heavy atom. The Balaban J connectivity index is 1.24. The first kappa shape index (κ1) is 26.2. The third-order valence-electron chi connectivity index (χ3n) is 8.89. The third kappa shape index (κ3) is 4.33. The molecule has 1 aromatic heterocycles. The maximum atomic E-state index is 6.68. The van der Waals surface area contributed by atoms with Crippen molar-refractivity contribution in [3.63, 3.8) is 0 Å². The molecule has 0 atom stereocenters. The van der Waals surface area contributed by atoms with Gasteiger partial charge in [0.1, 0.15) is 5.52 Å². The van der Waals surface area contributed by atoms with Crippen molar-refractivity contribution in [3.05, 3.63) is 170 Å². The van der Waals surface area contributed by atoms with E-state index in [1.165, 1.54) is 27.1 Å². The number of aromatic nitrogens is 1. The van der Waals surface area contributed by atoms with Crippen LogP contribution in [0.3, 0.4) is 0 Å². The molecule has 0 unspecified atom stereocenters. The van der Waals surface area contributed by atoms with Gasteiger partial charge < -0.3 is 4.42 Å². The lowest BCUT2D eigenvalue weighted by Gasteiger charge is -2.24. The van der Waals surface area contributed by atoms with Gasteiger partial charge >= 0.3 is 6.01 Å². The highest BCUT2D eigenvalue weighted by Gasteiger charge is 2.23. The summed E-state index contributed by atoms with van der Waals surface area (Å²) < 4.78 is 6.68. The molecule has 216 valence electrons. The van der Waals surface area contributed by atoms with Crippen LogP contribution in [0.25, 0.3) is 65.7 Å². The summed E-state index contributed by atoms with van der Waals surface area (Å²) in [6, 6.07) is 60.3. The van der Waals surface area contributed by atoms with E-state index in [1.807, 2.05) is 24.3 Å². The molecule has 0 aliphatic carbocycles. The van der Waals surface area contributed by atoms with E-state index in [2.05, 4.69) is 150 Å². The molecule has 8 aromatic carbocycles. The highest BCUT2D eigenvalue weighted by molar-refractivity contribution is 6.13. The number of fused-ring (bicyclic) bond motifs is 6. The van der Waals surface area contributed by atoms with Crippen molar-refractivity contribution in [2.24, 2.45) is 0 Å². The fraction of sp³-hybridized carbons (Fsp3) is 0. The first-order chi connectivity index (χ1) is 22.8. The summed E-state index contributed by atoms with van der Waals surface area (Å²) in [5.74, 6) is 0. The van der Waals surface area contributed by atoms with Crippen LogP contribution in [0.2, 0.25) is 0 Å². The van der Waals surface area contributed by atoms with Crippen molar-refractivity contribution < 1.29 is 4.42 Å². The van der Waals surface area contributed by atoms with Crippen LogP contribution in [0.5, 0.6) is 0 Å². The lowest BCUT2D eigenvalue weighted by Crippen LogP contribution is -2.11. The lowest BCUT2D eigenvalue weighted by molar-refractivity contribution is 0.611. The molecule has 3 nitrogen and oxygen atoms in total. The molecule has 0 aliphatic rings. The molecule has 0 amide bonds. The molecule has 0 saturated carbocycles. The summed E-state index contributed by atoms with van der Waals surface area (Å²) in [6.07, 6.45) is 0. The maximum absolute atomic E-state index is 6.68. The van der Waals surface area contributed by atoms with Crippen molar-refractivity contribution in [1.29, 1.82) is 0 Å². The zero-order valence-corrected chi connectivity index (χ0v) is 25.0. The van der Waals surface area contributed by atoms with Crippen molar-refractivity contribution in [2.75, 3.05) is 4.90 Å². The van der Waals surface area contributed by atoms with Gasteiger partial charge in [0, 0.05) is 10.9 Å². The van der Waals surface area contributed by atoms with Gasteiger partial charge in [-0.15, -0.1) is 0 Å². The number of nitrogens with zero attached hydrogens (tertiary/aromatic N) is 2. The van der Waals surface area contributed by atoms with Gasteiger partial charge in [0.15, 0.2) is 5.58 Å². The lowest BCUT2D eigenvalue weighted by atomic mass is 9.93. The normalized spacial score (nSPS) is 11.5. The summed E-state index contributed by atoms with van der Waals surface area (Å²) in [5, 5.41) is 7.18. The van der Waals surface area contributed by atoms with E-state index in [1.54, 1.807) is 0 Å². The Labute approximate surface area is 266 Å². The summed E-state index contributed by atoms with van der Waals surface area (Å²) >= 11 is 0. The molecule has 0 spiro atoms. The molecule has 46 heavy (non-hydrogen) atoms. The van der Waals surface area contributed by atoms with Gasteiger partial charge in [-0.3, -0.25) is 4.90 Å². The molecule has 3 heteroatoms. The monoisotopic (exact) mass is 588 g/mol. The Bertz CT molecular complexity index is 2530. The van der Waals surface area contributed by atoms with Gasteiger partial charge in [0.05, 0.1) is 11.4 Å². The zero-order chi connectivity index (χ0) is 30.5. The standard InChI is InChI=1S/C43H28N2O/c1-2-12-29(13-3-1)35-17-10-11-21-41(35)45(43-44-40-27-24-30-14-4-7-18-36(30)42(40)46-43)33-25-22-31(23-26-33)39-28-32-15-5-6-16-34(32)37-19-8-9-20-38(37)39/h1-28H. The number of oxazole rings is 1. The summed E-state index contributed by atoms with van der Waals surface area (Å²) in [4.78, 5) is 7.20. The Morgan fingerprint density at radius 2 is 1.07 bits per heavy atom. The molecular formula is C43H28N2O. The van der Waals surface area contributed by atoms with E-state index >= 15 is 0 Å². The van der Waals surface area contributed by atoms with E-state index in [9.17, 15) is 0 Å². The van der Waals surface area contributed by atoms with Gasteiger partial charge in [-0.25, -0.2) is 0 Å². The van der Waals surface area contributed by atoms with E-state index in [-0.39, 0.29) is 0 Å². The molecule has 0 N–H and O–H groups in total. The van der Waals surface area contributed by atoms with Crippen LogP contribution in [0.1, 0.15) is 0 Å². The predicted molar refractivity (Wildman–Crippen MR) is 192 cm³/mol. The number of hydrogen-bond acceptors (Lipinski definition) is 3. The minimum atomic E-state index is 0.527. The SMILES string of the molecule is c1ccc(-c2ccccc2N(c2ccc(-c3cc4ccccc4c4ccccc34)cc2)c2nc3ccc4ccccc4c3o2)cc1. The molecule has 0 bridgehead atoms. The zero-order valence-electron chi connectivity index (χ0n) is 25.0. The van der Waals surface area contributed by atoms with Crippen LogP contribution in [0.15, 0.2) is 174 Å². The van der Waals surface area contributed by atoms with E-state index in [0.717, 1.165) is 49.9 Å². The summed E-state index contributed by atoms with van der Waals surface area (Å²) in [5.41, 5.74) is 8.17. The topological polar surface area (TPSA) is 29.3 Å². The average molecular weight is 589 g/mol. The van der Waals surface area contributed by atoms with Crippen LogP contribution in [0.4, 0.5) is 17.4 Å². The fourth-order valence-corrected chi connectivity index (χ4v) is 6.71. The Kier molecular flexibility index (Phi) is 6.14. The first-order valence-electron chi connectivity index (χ1n) is 15.6. The summed E-state index contributed by atoms with van der Waals surface area (Å²) in [6.45, 7) is 0. The van der Waals surface area contributed by atoms with Crippen LogP contribution in [-0.2, 0) is 0 Å². The molecule has 0 aliphatic heterocycles. The number of rotatable bonds is 5. The average Bonchev–Trinajstić information content (AvgIpc) is 3.57. The highest BCUT2D eigenvalue weighted by atomic mass is 16.4. The third-order valence-corrected chi connectivity index (χ3v) is 8.89. The van der Waals surface area contributed by atoms with Crippen molar-refractivity contribution in [1.82, 2.24) is 4.98 Å². The molecular weight excluding hydrogens is 560 g/mol. The predicted octanol–water partition coefficient (Wildman–Crippen LogP) is 12.1. The first-order valence-corrected chi connectivity index (χ1v) is 15.6. The van der Waals surface area contributed by atoms with Gasteiger partial charge in [-0.05, 0) is 74.0 Å². The summed E-state index contributed by atoms with van der Waals surface area (Å²) in [7, 11) is 0. The van der Waals surface area contributed by atoms with Crippen LogP contribution < -0.4 is 4.90 Å². The Morgan fingerprint density at radius 3 is 1.89 bits per heavy atom. The molecule has 0 fully saturated rings. The van der Waals surface area contributed by atoms with E-state index < -0.39 is 0 Å². The van der Waals surface area contributed by atoms with Crippen LogP contribution in [-0.4, -0.2) is 4.98 Å². The van der Waals surface area contributed by atoms with E-state index in [4.69, 9.17) is 9.40 Å². The molecule has 9 rings (SSSR count). The minimum absolute atomic E-state index is 0.527. The molecule has 9 aromatic rings.